The van der Waals surface area contributed by atoms with Crippen molar-refractivity contribution in [2.45, 2.75) is 18.9 Å². The van der Waals surface area contributed by atoms with Gasteiger partial charge in [0.15, 0.2) is 0 Å². The first-order valence-electron chi connectivity index (χ1n) is 5.13. The molecule has 1 atom stereocenters. The minimum Gasteiger partial charge on any atom is -0.371 e. The van der Waals surface area contributed by atoms with Crippen LogP contribution in [0, 0.1) is 10.1 Å². The SMILES string of the molecule is Cn1ncc([N+](=O)[O-])c1[C@@H]1CC=CCCO1. The van der Waals surface area contributed by atoms with Gasteiger partial charge in [0.05, 0.1) is 11.5 Å². The lowest BCUT2D eigenvalue weighted by molar-refractivity contribution is -0.386. The lowest BCUT2D eigenvalue weighted by Crippen LogP contribution is -2.10. The van der Waals surface area contributed by atoms with Crippen LogP contribution in [0.15, 0.2) is 18.3 Å². The monoisotopic (exact) mass is 223 g/mol. The lowest BCUT2D eigenvalue weighted by Gasteiger charge is -2.13. The molecule has 0 radical (unpaired) electrons. The fourth-order valence-corrected chi connectivity index (χ4v) is 1.82. The molecule has 0 unspecified atom stereocenters. The van der Waals surface area contributed by atoms with Gasteiger partial charge in [-0.15, -0.1) is 0 Å². The molecule has 0 aliphatic carbocycles. The van der Waals surface area contributed by atoms with Gasteiger partial charge in [0.25, 0.3) is 0 Å². The Labute approximate surface area is 92.7 Å². The number of nitrogens with zero attached hydrogens (tertiary/aromatic N) is 3. The smallest absolute Gasteiger partial charge is 0.312 e. The van der Waals surface area contributed by atoms with Gasteiger partial charge < -0.3 is 4.74 Å². The first-order chi connectivity index (χ1) is 7.70. The minimum absolute atomic E-state index is 0.0304. The third-order valence-electron chi connectivity index (χ3n) is 2.59. The molecule has 86 valence electrons. The number of aromatic nitrogens is 2. The van der Waals surface area contributed by atoms with Crippen LogP contribution in [0.25, 0.3) is 0 Å². The van der Waals surface area contributed by atoms with Gasteiger partial charge in [-0.25, -0.2) is 0 Å². The molecule has 1 aromatic heterocycles. The van der Waals surface area contributed by atoms with Crippen LogP contribution < -0.4 is 0 Å². The zero-order valence-electron chi connectivity index (χ0n) is 9.00. The first kappa shape index (κ1) is 10.8. The second-order valence-corrected chi connectivity index (χ2v) is 3.65. The van der Waals surface area contributed by atoms with Crippen LogP contribution in [0.1, 0.15) is 24.6 Å². The van der Waals surface area contributed by atoms with Crippen molar-refractivity contribution in [1.29, 1.82) is 0 Å². The van der Waals surface area contributed by atoms with E-state index in [-0.39, 0.29) is 11.8 Å². The Morgan fingerprint density at radius 1 is 1.62 bits per heavy atom. The number of ether oxygens (including phenoxy) is 1. The van der Waals surface area contributed by atoms with E-state index in [4.69, 9.17) is 4.74 Å². The summed E-state index contributed by atoms with van der Waals surface area (Å²) >= 11 is 0. The van der Waals surface area contributed by atoms with Crippen molar-refractivity contribution in [3.8, 4) is 0 Å². The van der Waals surface area contributed by atoms with E-state index in [1.807, 2.05) is 12.2 Å². The van der Waals surface area contributed by atoms with Gasteiger partial charge in [-0.05, 0) is 12.8 Å². The Bertz CT molecular complexity index is 425. The maximum Gasteiger partial charge on any atom is 0.312 e. The molecular weight excluding hydrogens is 210 g/mol. The summed E-state index contributed by atoms with van der Waals surface area (Å²) in [4.78, 5) is 10.4. The van der Waals surface area contributed by atoms with Crippen LogP contribution in [0.2, 0.25) is 0 Å². The largest absolute Gasteiger partial charge is 0.371 e. The molecule has 2 rings (SSSR count). The Morgan fingerprint density at radius 2 is 2.44 bits per heavy atom. The van der Waals surface area contributed by atoms with Crippen LogP contribution >= 0.6 is 0 Å². The molecule has 6 heteroatoms. The average molecular weight is 223 g/mol. The van der Waals surface area contributed by atoms with Crippen LogP contribution in [-0.2, 0) is 11.8 Å². The van der Waals surface area contributed by atoms with E-state index in [1.165, 1.54) is 10.9 Å². The predicted molar refractivity (Wildman–Crippen MR) is 56.9 cm³/mol. The van der Waals surface area contributed by atoms with Gasteiger partial charge in [-0.3, -0.25) is 14.8 Å². The number of nitro groups is 1. The summed E-state index contributed by atoms with van der Waals surface area (Å²) in [5, 5.41) is 14.8. The number of rotatable bonds is 2. The Morgan fingerprint density at radius 3 is 3.19 bits per heavy atom. The Balaban J connectivity index is 2.34. The van der Waals surface area contributed by atoms with E-state index in [0.717, 1.165) is 6.42 Å². The van der Waals surface area contributed by atoms with Crippen LogP contribution in [-0.4, -0.2) is 21.3 Å². The highest BCUT2D eigenvalue weighted by Gasteiger charge is 2.27. The molecule has 1 aliphatic heterocycles. The standard InChI is InChI=1S/C10H13N3O3/c1-12-10(8(7-11-12)13(14)15)9-5-3-2-4-6-16-9/h2-3,7,9H,4-6H2,1H3/t9-/m0/s1. The van der Waals surface area contributed by atoms with E-state index in [9.17, 15) is 10.1 Å². The van der Waals surface area contributed by atoms with Crippen molar-refractivity contribution >= 4 is 5.69 Å². The van der Waals surface area contributed by atoms with Gasteiger partial charge in [-0.1, -0.05) is 12.2 Å². The molecule has 0 saturated heterocycles. The van der Waals surface area contributed by atoms with Crippen molar-refractivity contribution < 1.29 is 9.66 Å². The first-order valence-corrected chi connectivity index (χ1v) is 5.13. The summed E-state index contributed by atoms with van der Waals surface area (Å²) in [6.07, 6.45) is 6.53. The molecule has 2 heterocycles. The molecule has 0 bridgehead atoms. The quantitative estimate of drug-likeness (QED) is 0.435. The van der Waals surface area contributed by atoms with Crippen LogP contribution in [0.3, 0.4) is 0 Å². The van der Waals surface area contributed by atoms with Gasteiger partial charge in [0, 0.05) is 7.05 Å². The molecule has 16 heavy (non-hydrogen) atoms. The average Bonchev–Trinajstić information content (AvgIpc) is 2.50. The highest BCUT2D eigenvalue weighted by atomic mass is 16.6. The van der Waals surface area contributed by atoms with Crippen molar-refractivity contribution in [3.05, 3.63) is 34.2 Å². The van der Waals surface area contributed by atoms with Gasteiger partial charge in [0.2, 0.25) is 0 Å². The molecule has 0 amide bonds. The fraction of sp³-hybridized carbons (Fsp3) is 0.500. The maximum absolute atomic E-state index is 10.8. The van der Waals surface area contributed by atoms with Crippen molar-refractivity contribution in [1.82, 2.24) is 9.78 Å². The molecule has 0 spiro atoms. The summed E-state index contributed by atoms with van der Waals surface area (Å²) in [7, 11) is 1.69. The molecule has 1 aromatic rings. The second-order valence-electron chi connectivity index (χ2n) is 3.65. The summed E-state index contributed by atoms with van der Waals surface area (Å²) in [6, 6.07) is 0. The topological polar surface area (TPSA) is 70.2 Å². The highest BCUT2D eigenvalue weighted by molar-refractivity contribution is 5.35. The van der Waals surface area contributed by atoms with E-state index in [1.54, 1.807) is 7.05 Å². The Kier molecular flexibility index (Phi) is 3.00. The van der Waals surface area contributed by atoms with Crippen molar-refractivity contribution in [2.75, 3.05) is 6.61 Å². The molecule has 0 saturated carbocycles. The molecule has 6 nitrogen and oxygen atoms in total. The van der Waals surface area contributed by atoms with E-state index in [2.05, 4.69) is 5.10 Å². The normalized spacial score (nSPS) is 20.7. The third-order valence-corrected chi connectivity index (χ3v) is 2.59. The number of hydrogen-bond donors (Lipinski definition) is 0. The summed E-state index contributed by atoms with van der Waals surface area (Å²) in [6.45, 7) is 0.587. The number of aryl methyl sites for hydroxylation is 1. The fourth-order valence-electron chi connectivity index (χ4n) is 1.82. The van der Waals surface area contributed by atoms with Crippen molar-refractivity contribution in [3.63, 3.8) is 0 Å². The Hall–Kier alpha value is -1.69. The molecule has 0 fully saturated rings. The highest BCUT2D eigenvalue weighted by Crippen LogP contribution is 2.30. The van der Waals surface area contributed by atoms with Crippen molar-refractivity contribution in [2.24, 2.45) is 7.05 Å². The lowest BCUT2D eigenvalue weighted by atomic mass is 10.1. The predicted octanol–water partition coefficient (Wildman–Crippen LogP) is 1.74. The molecule has 1 aliphatic rings. The van der Waals surface area contributed by atoms with E-state index >= 15 is 0 Å². The van der Waals surface area contributed by atoms with Crippen LogP contribution in [0.4, 0.5) is 5.69 Å². The minimum atomic E-state index is -0.416. The van der Waals surface area contributed by atoms with E-state index in [0.29, 0.717) is 18.7 Å². The number of hydrogen-bond acceptors (Lipinski definition) is 4. The van der Waals surface area contributed by atoms with E-state index < -0.39 is 4.92 Å². The third kappa shape index (κ3) is 1.96. The second kappa shape index (κ2) is 4.44. The summed E-state index contributed by atoms with van der Waals surface area (Å²) in [5.41, 5.74) is 0.569. The van der Waals surface area contributed by atoms with Gasteiger partial charge in [-0.2, -0.15) is 5.10 Å². The maximum atomic E-state index is 10.8. The van der Waals surface area contributed by atoms with Gasteiger partial charge in [0.1, 0.15) is 18.0 Å². The molecular formula is C10H13N3O3. The zero-order valence-corrected chi connectivity index (χ0v) is 9.00. The van der Waals surface area contributed by atoms with Crippen LogP contribution in [0.5, 0.6) is 0 Å². The molecule has 0 aromatic carbocycles. The zero-order chi connectivity index (χ0) is 11.5. The summed E-state index contributed by atoms with van der Waals surface area (Å²) < 4.78 is 7.11. The summed E-state index contributed by atoms with van der Waals surface area (Å²) in [5.74, 6) is 0. The van der Waals surface area contributed by atoms with Gasteiger partial charge >= 0.3 is 5.69 Å². The molecule has 0 N–H and O–H groups in total.